The smallest absolute Gasteiger partial charge is 0.406 e. The summed E-state index contributed by atoms with van der Waals surface area (Å²) in [6.07, 6.45) is -4.05. The number of nitrogens with one attached hydrogen (secondary N) is 1. The number of Topliss-reactive ketones (excluding diaryl/α,β-unsaturated/α-hetero) is 1. The molecular weight excluding hydrogens is 672 g/mol. The van der Waals surface area contributed by atoms with E-state index in [0.717, 1.165) is 53.2 Å². The number of nitrogens with zero attached hydrogens (tertiary/aromatic N) is 3. The van der Waals surface area contributed by atoms with Gasteiger partial charge in [0.05, 0.1) is 11.1 Å². The lowest BCUT2D eigenvalue weighted by molar-refractivity contribution is -0.274. The average molecular weight is 716 g/mol. The van der Waals surface area contributed by atoms with Crippen LogP contribution in [0.2, 0.25) is 0 Å². The fraction of sp³-hybridized carbons (Fsp3) is 0.447. The summed E-state index contributed by atoms with van der Waals surface area (Å²) < 4.78 is 85.2. The summed E-state index contributed by atoms with van der Waals surface area (Å²) >= 11 is 0. The number of alkyl halides is 6. The van der Waals surface area contributed by atoms with E-state index in [0.29, 0.717) is 65.0 Å². The molecule has 6 rings (SSSR count). The van der Waals surface area contributed by atoms with Crippen molar-refractivity contribution in [2.24, 2.45) is 5.73 Å². The minimum absolute atomic E-state index is 0.0971. The standard InChI is InChI=1S/C38H43F6N5O2/c39-37(40,41)33-6-2-1-5-29(33)25-48-21-19-47(20-22-48)24-27-8-13-34-31(23-27)32(28-9-11-30(12-10-28)51-38(42,43)44)26-49(34)18-4-3-7-35(50)36(45)14-16-46-17-15-36/h1-2,5-6,8-13,23,26,46H,3-4,7,14-22,24-25,45H2. The predicted octanol–water partition coefficient (Wildman–Crippen LogP) is 7.36. The van der Waals surface area contributed by atoms with Gasteiger partial charge in [0, 0.05) is 74.9 Å². The van der Waals surface area contributed by atoms with Gasteiger partial charge in [-0.15, -0.1) is 13.2 Å². The maximum Gasteiger partial charge on any atom is 0.573 e. The van der Waals surface area contributed by atoms with Crippen LogP contribution in [-0.2, 0) is 30.6 Å². The fourth-order valence-electron chi connectivity index (χ4n) is 7.20. The van der Waals surface area contributed by atoms with Gasteiger partial charge in [-0.3, -0.25) is 14.6 Å². The van der Waals surface area contributed by atoms with Gasteiger partial charge < -0.3 is 20.4 Å². The molecular formula is C38H43F6N5O2. The molecule has 2 fully saturated rings. The topological polar surface area (TPSA) is 75.8 Å². The molecule has 3 heterocycles. The first-order valence-electron chi connectivity index (χ1n) is 17.4. The summed E-state index contributed by atoms with van der Waals surface area (Å²) in [5.41, 5.74) is 8.95. The summed E-state index contributed by atoms with van der Waals surface area (Å²) in [4.78, 5) is 17.2. The molecule has 51 heavy (non-hydrogen) atoms. The Labute approximate surface area is 293 Å². The van der Waals surface area contributed by atoms with Gasteiger partial charge >= 0.3 is 12.5 Å². The van der Waals surface area contributed by atoms with E-state index >= 15 is 0 Å². The Morgan fingerprint density at radius 3 is 2.18 bits per heavy atom. The van der Waals surface area contributed by atoms with Crippen LogP contribution >= 0.6 is 0 Å². The molecule has 2 aliphatic heterocycles. The zero-order valence-corrected chi connectivity index (χ0v) is 28.3. The summed E-state index contributed by atoms with van der Waals surface area (Å²) in [7, 11) is 0. The van der Waals surface area contributed by atoms with E-state index in [4.69, 9.17) is 5.73 Å². The predicted molar refractivity (Wildman–Crippen MR) is 184 cm³/mol. The molecule has 0 unspecified atom stereocenters. The second kappa shape index (κ2) is 15.4. The van der Waals surface area contributed by atoms with Gasteiger partial charge in [0.2, 0.25) is 0 Å². The Bertz CT molecular complexity index is 1790. The number of fused-ring (bicyclic) bond motifs is 1. The largest absolute Gasteiger partial charge is 0.573 e. The number of hydrogen-bond acceptors (Lipinski definition) is 6. The number of carbonyl (C=O) groups is 1. The molecule has 3 N–H and O–H groups in total. The molecule has 0 radical (unpaired) electrons. The number of ether oxygens (including phenoxy) is 1. The van der Waals surface area contributed by atoms with Crippen molar-refractivity contribution in [1.29, 1.82) is 0 Å². The molecule has 274 valence electrons. The first-order valence-corrected chi connectivity index (χ1v) is 17.4. The summed E-state index contributed by atoms with van der Waals surface area (Å²) in [6.45, 7) is 5.66. The van der Waals surface area contributed by atoms with Gasteiger partial charge in [0.1, 0.15) is 5.75 Å². The summed E-state index contributed by atoms with van der Waals surface area (Å²) in [5.74, 6) is -0.201. The van der Waals surface area contributed by atoms with Crippen LogP contribution in [-0.4, -0.2) is 71.3 Å². The van der Waals surface area contributed by atoms with Crippen LogP contribution in [0.5, 0.6) is 5.75 Å². The Morgan fingerprint density at radius 1 is 0.843 bits per heavy atom. The Hall–Kier alpha value is -3.91. The van der Waals surface area contributed by atoms with Crippen molar-refractivity contribution < 1.29 is 35.9 Å². The number of benzene rings is 3. The number of unbranched alkanes of at least 4 members (excludes halogenated alkanes) is 1. The average Bonchev–Trinajstić information content (AvgIpc) is 3.45. The molecule has 2 aliphatic rings. The van der Waals surface area contributed by atoms with Gasteiger partial charge in [-0.1, -0.05) is 36.4 Å². The van der Waals surface area contributed by atoms with Gasteiger partial charge in [-0.05, 0) is 85.8 Å². The van der Waals surface area contributed by atoms with Crippen molar-refractivity contribution in [3.63, 3.8) is 0 Å². The minimum atomic E-state index is -4.79. The number of piperidine rings is 1. The van der Waals surface area contributed by atoms with Gasteiger partial charge in [0.25, 0.3) is 0 Å². The van der Waals surface area contributed by atoms with Crippen LogP contribution in [0.15, 0.2) is 72.9 Å². The van der Waals surface area contributed by atoms with Crippen molar-refractivity contribution in [3.8, 4) is 16.9 Å². The SMILES string of the molecule is NC1(C(=O)CCCCn2cc(-c3ccc(OC(F)(F)F)cc3)c3cc(CN4CCN(Cc5ccccc5C(F)(F)F)CC4)ccc32)CCNCC1. The van der Waals surface area contributed by atoms with E-state index in [1.165, 1.54) is 24.3 Å². The zero-order chi connectivity index (χ0) is 36.2. The second-order valence-corrected chi connectivity index (χ2v) is 13.7. The monoisotopic (exact) mass is 715 g/mol. The molecule has 0 atom stereocenters. The Morgan fingerprint density at radius 2 is 1.51 bits per heavy atom. The third-order valence-electron chi connectivity index (χ3n) is 10.0. The summed E-state index contributed by atoms with van der Waals surface area (Å²) in [6, 6.07) is 17.8. The number of nitrogens with two attached hydrogens (primary N) is 1. The minimum Gasteiger partial charge on any atom is -0.406 e. The molecule has 0 amide bonds. The van der Waals surface area contributed by atoms with Gasteiger partial charge in [-0.2, -0.15) is 13.2 Å². The molecule has 0 spiro atoms. The second-order valence-electron chi connectivity index (χ2n) is 13.7. The maximum absolute atomic E-state index is 13.5. The van der Waals surface area contributed by atoms with Crippen LogP contribution in [0.4, 0.5) is 26.3 Å². The molecule has 7 nitrogen and oxygen atoms in total. The molecule has 0 aliphatic carbocycles. The third kappa shape index (κ3) is 9.31. The lowest BCUT2D eigenvalue weighted by atomic mass is 9.83. The highest BCUT2D eigenvalue weighted by Crippen LogP contribution is 2.35. The Kier molecular flexibility index (Phi) is 11.1. The number of piperazine rings is 1. The number of halogens is 6. The maximum atomic E-state index is 13.5. The van der Waals surface area contributed by atoms with Gasteiger partial charge in [-0.25, -0.2) is 0 Å². The van der Waals surface area contributed by atoms with Crippen LogP contribution in [0.1, 0.15) is 48.8 Å². The van der Waals surface area contributed by atoms with Gasteiger partial charge in [0.15, 0.2) is 5.78 Å². The zero-order valence-electron chi connectivity index (χ0n) is 28.3. The van der Waals surface area contributed by atoms with E-state index in [-0.39, 0.29) is 23.6 Å². The highest BCUT2D eigenvalue weighted by molar-refractivity contribution is 5.96. The molecule has 13 heteroatoms. The molecule has 3 aromatic carbocycles. The molecule has 0 bridgehead atoms. The van der Waals surface area contributed by atoms with Crippen LogP contribution in [0.3, 0.4) is 0 Å². The molecule has 2 saturated heterocycles. The van der Waals surface area contributed by atoms with E-state index in [1.54, 1.807) is 18.2 Å². The number of rotatable bonds is 12. The quantitative estimate of drug-likeness (QED) is 0.118. The van der Waals surface area contributed by atoms with Crippen molar-refractivity contribution in [2.75, 3.05) is 39.3 Å². The number of aromatic nitrogens is 1. The van der Waals surface area contributed by atoms with Crippen molar-refractivity contribution in [1.82, 2.24) is 19.7 Å². The van der Waals surface area contributed by atoms with E-state index in [1.807, 2.05) is 11.1 Å². The lowest BCUT2D eigenvalue weighted by Gasteiger charge is -2.35. The lowest BCUT2D eigenvalue weighted by Crippen LogP contribution is -2.54. The van der Waals surface area contributed by atoms with Crippen molar-refractivity contribution >= 4 is 16.7 Å². The van der Waals surface area contributed by atoms with Crippen LogP contribution in [0.25, 0.3) is 22.0 Å². The first kappa shape index (κ1) is 36.9. The molecule has 0 saturated carbocycles. The third-order valence-corrected chi connectivity index (χ3v) is 10.0. The molecule has 4 aromatic rings. The highest BCUT2D eigenvalue weighted by atomic mass is 19.4. The number of ketones is 1. The van der Waals surface area contributed by atoms with E-state index in [9.17, 15) is 31.1 Å². The number of aryl methyl sites for hydroxylation is 1. The summed E-state index contributed by atoms with van der Waals surface area (Å²) in [5, 5.41) is 4.19. The number of carbonyl (C=O) groups excluding carboxylic acids is 1. The van der Waals surface area contributed by atoms with Crippen molar-refractivity contribution in [2.45, 2.75) is 69.8 Å². The van der Waals surface area contributed by atoms with E-state index in [2.05, 4.69) is 37.7 Å². The van der Waals surface area contributed by atoms with Crippen LogP contribution in [0, 0.1) is 0 Å². The van der Waals surface area contributed by atoms with Crippen LogP contribution < -0.4 is 15.8 Å². The normalized spacial score (nSPS) is 17.5. The fourth-order valence-corrected chi connectivity index (χ4v) is 7.20. The van der Waals surface area contributed by atoms with E-state index < -0.39 is 23.6 Å². The Balaban J connectivity index is 1.15. The molecule has 1 aromatic heterocycles. The van der Waals surface area contributed by atoms with Crippen molar-refractivity contribution in [3.05, 3.63) is 89.6 Å². The highest BCUT2D eigenvalue weighted by Gasteiger charge is 2.35. The first-order chi connectivity index (χ1) is 24.3. The number of hydrogen-bond donors (Lipinski definition) is 2.